The van der Waals surface area contributed by atoms with Crippen LogP contribution in [0.5, 0.6) is 0 Å². The zero-order valence-electron chi connectivity index (χ0n) is 11.2. The van der Waals surface area contributed by atoms with Crippen LogP contribution in [0.4, 0.5) is 0 Å². The number of hydrogen-bond donors (Lipinski definition) is 0. The fraction of sp³-hybridized carbons (Fsp3) is 0.625. The van der Waals surface area contributed by atoms with Gasteiger partial charge in [0.1, 0.15) is 0 Å². The number of rotatable bonds is 4. The lowest BCUT2D eigenvalue weighted by Crippen LogP contribution is -2.10. The molecule has 0 aromatic heterocycles. The third-order valence-electron chi connectivity index (χ3n) is 3.66. The summed E-state index contributed by atoms with van der Waals surface area (Å²) in [5.74, 6) is 0.962. The van der Waals surface area contributed by atoms with E-state index in [-0.39, 0.29) is 5.41 Å². The normalized spacial score (nSPS) is 18.1. The van der Waals surface area contributed by atoms with E-state index in [2.05, 4.69) is 61.0 Å². The molecule has 0 nitrogen and oxygen atoms in total. The van der Waals surface area contributed by atoms with Crippen molar-refractivity contribution in [2.75, 3.05) is 0 Å². The summed E-state index contributed by atoms with van der Waals surface area (Å²) >= 11 is 3.81. The van der Waals surface area contributed by atoms with E-state index in [0.717, 1.165) is 10.7 Å². The molecule has 0 saturated heterocycles. The van der Waals surface area contributed by atoms with E-state index in [0.29, 0.717) is 0 Å². The highest BCUT2D eigenvalue weighted by Crippen LogP contribution is 2.38. The molecular formula is C16H23Br. The summed E-state index contributed by atoms with van der Waals surface area (Å²) in [7, 11) is 0. The fourth-order valence-corrected chi connectivity index (χ4v) is 2.93. The predicted octanol–water partition coefficient (Wildman–Crippen LogP) is 5.09. The van der Waals surface area contributed by atoms with Crippen LogP contribution in [0.25, 0.3) is 0 Å². The molecule has 0 radical (unpaired) electrons. The van der Waals surface area contributed by atoms with Crippen molar-refractivity contribution in [2.45, 2.75) is 56.7 Å². The standard InChI is InChI=1S/C16H23Br/c1-16(2,3)14-9-4-12(5-10-14)6-11-15(17)13-7-8-13/h4-5,9-10,13,15H,6-8,11H2,1-3H3. The number of aryl methyl sites for hydroxylation is 1. The lowest BCUT2D eigenvalue weighted by molar-refractivity contribution is 0.589. The summed E-state index contributed by atoms with van der Waals surface area (Å²) in [6.45, 7) is 6.80. The van der Waals surface area contributed by atoms with Gasteiger partial charge in [-0.2, -0.15) is 0 Å². The largest absolute Gasteiger partial charge is 0.0888 e. The van der Waals surface area contributed by atoms with Crippen LogP contribution in [0, 0.1) is 5.92 Å². The lowest BCUT2D eigenvalue weighted by atomic mass is 9.86. The molecule has 17 heavy (non-hydrogen) atoms. The molecule has 1 heteroatoms. The molecule has 0 aliphatic heterocycles. The van der Waals surface area contributed by atoms with E-state index >= 15 is 0 Å². The van der Waals surface area contributed by atoms with Gasteiger partial charge in [-0.25, -0.2) is 0 Å². The van der Waals surface area contributed by atoms with E-state index in [9.17, 15) is 0 Å². The summed E-state index contributed by atoms with van der Waals surface area (Å²) in [4.78, 5) is 0.741. The van der Waals surface area contributed by atoms with Gasteiger partial charge in [0.2, 0.25) is 0 Å². The Labute approximate surface area is 114 Å². The molecule has 94 valence electrons. The minimum absolute atomic E-state index is 0.268. The van der Waals surface area contributed by atoms with Crippen molar-refractivity contribution in [1.82, 2.24) is 0 Å². The molecule has 0 amide bonds. The predicted molar refractivity (Wildman–Crippen MR) is 78.9 cm³/mol. The highest BCUT2D eigenvalue weighted by atomic mass is 79.9. The second-order valence-corrected chi connectivity index (χ2v) is 7.52. The highest BCUT2D eigenvalue weighted by Gasteiger charge is 2.28. The fourth-order valence-electron chi connectivity index (χ4n) is 2.17. The zero-order chi connectivity index (χ0) is 12.5. The van der Waals surface area contributed by atoms with Crippen molar-refractivity contribution in [3.05, 3.63) is 35.4 Å². The van der Waals surface area contributed by atoms with E-state index in [1.54, 1.807) is 0 Å². The first-order valence-electron chi connectivity index (χ1n) is 6.70. The van der Waals surface area contributed by atoms with E-state index < -0.39 is 0 Å². The van der Waals surface area contributed by atoms with Gasteiger partial charge in [-0.05, 0) is 48.1 Å². The van der Waals surface area contributed by atoms with Crippen LogP contribution >= 0.6 is 15.9 Å². The molecule has 0 bridgehead atoms. The number of halogens is 1. The van der Waals surface area contributed by atoms with Crippen LogP contribution < -0.4 is 0 Å². The Bertz CT molecular complexity index is 354. The van der Waals surface area contributed by atoms with Gasteiger partial charge < -0.3 is 0 Å². The van der Waals surface area contributed by atoms with Crippen LogP contribution in [0.3, 0.4) is 0 Å². The van der Waals surface area contributed by atoms with Gasteiger partial charge in [0.25, 0.3) is 0 Å². The number of benzene rings is 1. The molecule has 1 unspecified atom stereocenters. The molecule has 1 aliphatic rings. The molecular weight excluding hydrogens is 272 g/mol. The topological polar surface area (TPSA) is 0 Å². The van der Waals surface area contributed by atoms with Crippen LogP contribution in [0.1, 0.15) is 51.2 Å². The molecule has 1 aliphatic carbocycles. The van der Waals surface area contributed by atoms with Crippen LogP contribution in [-0.2, 0) is 11.8 Å². The third kappa shape index (κ3) is 3.84. The van der Waals surface area contributed by atoms with Gasteiger partial charge in [0.15, 0.2) is 0 Å². The Kier molecular flexibility index (Phi) is 3.97. The lowest BCUT2D eigenvalue weighted by Gasteiger charge is -2.19. The van der Waals surface area contributed by atoms with Crippen molar-refractivity contribution in [2.24, 2.45) is 5.92 Å². The maximum Gasteiger partial charge on any atom is 0.0177 e. The molecule has 1 saturated carbocycles. The maximum atomic E-state index is 3.81. The van der Waals surface area contributed by atoms with E-state index in [1.807, 2.05) is 0 Å². The zero-order valence-corrected chi connectivity index (χ0v) is 12.8. The molecule has 0 heterocycles. The Morgan fingerprint density at radius 2 is 1.76 bits per heavy atom. The summed E-state index contributed by atoms with van der Waals surface area (Å²) < 4.78 is 0. The SMILES string of the molecule is CC(C)(C)c1ccc(CCC(Br)C2CC2)cc1. The minimum Gasteiger partial charge on any atom is -0.0888 e. The molecule has 2 rings (SSSR count). The Morgan fingerprint density at radius 3 is 2.24 bits per heavy atom. The number of alkyl halides is 1. The monoisotopic (exact) mass is 294 g/mol. The van der Waals surface area contributed by atoms with Gasteiger partial charge in [-0.1, -0.05) is 61.0 Å². The minimum atomic E-state index is 0.268. The van der Waals surface area contributed by atoms with E-state index in [1.165, 1.54) is 36.8 Å². The molecule has 1 aromatic rings. The van der Waals surface area contributed by atoms with E-state index in [4.69, 9.17) is 0 Å². The average molecular weight is 295 g/mol. The first kappa shape index (κ1) is 13.1. The highest BCUT2D eigenvalue weighted by molar-refractivity contribution is 9.09. The van der Waals surface area contributed by atoms with Gasteiger partial charge >= 0.3 is 0 Å². The van der Waals surface area contributed by atoms with Crippen molar-refractivity contribution in [1.29, 1.82) is 0 Å². The molecule has 1 atom stereocenters. The summed E-state index contributed by atoms with van der Waals surface area (Å²) in [6, 6.07) is 9.17. The Morgan fingerprint density at radius 1 is 1.18 bits per heavy atom. The first-order valence-corrected chi connectivity index (χ1v) is 7.62. The van der Waals surface area contributed by atoms with Crippen molar-refractivity contribution >= 4 is 15.9 Å². The number of hydrogen-bond acceptors (Lipinski definition) is 0. The summed E-state index contributed by atoms with van der Waals surface area (Å²) in [5.41, 5.74) is 3.17. The quantitative estimate of drug-likeness (QED) is 0.679. The smallest absolute Gasteiger partial charge is 0.0177 e. The Balaban J connectivity index is 1.89. The molecule has 1 aromatic carbocycles. The Hall–Kier alpha value is -0.300. The average Bonchev–Trinajstić information content (AvgIpc) is 3.09. The van der Waals surface area contributed by atoms with Gasteiger partial charge in [-0.3, -0.25) is 0 Å². The maximum absolute atomic E-state index is 3.81. The second kappa shape index (κ2) is 5.14. The van der Waals surface area contributed by atoms with Crippen molar-refractivity contribution < 1.29 is 0 Å². The van der Waals surface area contributed by atoms with Gasteiger partial charge in [0.05, 0.1) is 0 Å². The van der Waals surface area contributed by atoms with Crippen LogP contribution in [0.15, 0.2) is 24.3 Å². The third-order valence-corrected chi connectivity index (χ3v) is 4.87. The van der Waals surface area contributed by atoms with Crippen molar-refractivity contribution in [3.8, 4) is 0 Å². The van der Waals surface area contributed by atoms with Gasteiger partial charge in [0, 0.05) is 4.83 Å². The summed E-state index contributed by atoms with van der Waals surface area (Å²) in [5, 5.41) is 0. The van der Waals surface area contributed by atoms with Crippen LogP contribution in [-0.4, -0.2) is 4.83 Å². The molecule has 0 spiro atoms. The molecule has 0 N–H and O–H groups in total. The van der Waals surface area contributed by atoms with Crippen LogP contribution in [0.2, 0.25) is 0 Å². The second-order valence-electron chi connectivity index (χ2n) is 6.34. The van der Waals surface area contributed by atoms with Gasteiger partial charge in [-0.15, -0.1) is 0 Å². The summed E-state index contributed by atoms with van der Waals surface area (Å²) in [6.07, 6.45) is 5.34. The first-order chi connectivity index (χ1) is 7.97. The molecule has 1 fully saturated rings. The van der Waals surface area contributed by atoms with Crippen molar-refractivity contribution in [3.63, 3.8) is 0 Å².